The van der Waals surface area contributed by atoms with Gasteiger partial charge in [-0.2, -0.15) is 0 Å². The Morgan fingerprint density at radius 1 is 1.37 bits per heavy atom. The van der Waals surface area contributed by atoms with E-state index in [0.717, 1.165) is 29.2 Å². The van der Waals surface area contributed by atoms with Gasteiger partial charge in [0, 0.05) is 12.6 Å². The highest BCUT2D eigenvalue weighted by molar-refractivity contribution is 6.34. The summed E-state index contributed by atoms with van der Waals surface area (Å²) in [6.07, 6.45) is 4.42. The first-order chi connectivity index (χ1) is 13.1. The number of fused-ring (bicyclic) bond motifs is 2. The van der Waals surface area contributed by atoms with Crippen molar-refractivity contribution in [2.45, 2.75) is 26.3 Å². The largest absolute Gasteiger partial charge is 0.482 e. The van der Waals surface area contributed by atoms with Gasteiger partial charge in [0.15, 0.2) is 12.3 Å². The molecule has 27 heavy (non-hydrogen) atoms. The van der Waals surface area contributed by atoms with Crippen LogP contribution in [0, 0.1) is 12.8 Å². The minimum absolute atomic E-state index is 0.00224. The van der Waals surface area contributed by atoms with E-state index in [0.29, 0.717) is 28.0 Å². The van der Waals surface area contributed by atoms with Gasteiger partial charge in [0.25, 0.3) is 5.91 Å². The van der Waals surface area contributed by atoms with Gasteiger partial charge in [-0.1, -0.05) is 11.6 Å². The third-order valence-corrected chi connectivity index (χ3v) is 5.19. The summed E-state index contributed by atoms with van der Waals surface area (Å²) in [6, 6.07) is 5.41. The Hall–Kier alpha value is -2.80. The number of hydrogen-bond acceptors (Lipinski definition) is 5. The molecule has 1 saturated carbocycles. The van der Waals surface area contributed by atoms with Crippen LogP contribution in [0.25, 0.3) is 11.2 Å². The topological polar surface area (TPSA) is 81.1 Å². The Morgan fingerprint density at radius 3 is 3.04 bits per heavy atom. The van der Waals surface area contributed by atoms with Crippen molar-refractivity contribution < 1.29 is 9.53 Å². The van der Waals surface area contributed by atoms with Crippen molar-refractivity contribution in [1.29, 1.82) is 0 Å². The van der Waals surface area contributed by atoms with Gasteiger partial charge in [-0.05, 0) is 43.4 Å². The number of pyridine rings is 1. The number of amides is 1. The summed E-state index contributed by atoms with van der Waals surface area (Å²) in [4.78, 5) is 20.7. The van der Waals surface area contributed by atoms with E-state index in [1.54, 1.807) is 12.1 Å². The van der Waals surface area contributed by atoms with E-state index in [1.807, 2.05) is 19.3 Å². The summed E-state index contributed by atoms with van der Waals surface area (Å²) < 4.78 is 7.60. The average Bonchev–Trinajstić information content (AvgIpc) is 3.35. The van der Waals surface area contributed by atoms with Crippen molar-refractivity contribution in [2.24, 2.45) is 5.92 Å². The molecule has 0 bridgehead atoms. The van der Waals surface area contributed by atoms with Gasteiger partial charge in [-0.3, -0.25) is 4.79 Å². The Balaban J connectivity index is 1.50. The number of aryl methyl sites for hydroxylation is 1. The fourth-order valence-electron chi connectivity index (χ4n) is 3.30. The average molecular weight is 384 g/mol. The third kappa shape index (κ3) is 3.08. The number of carbonyl (C=O) groups excluding carboxylic acids is 1. The molecule has 8 heteroatoms. The van der Waals surface area contributed by atoms with E-state index in [4.69, 9.17) is 21.3 Å². The van der Waals surface area contributed by atoms with Crippen LogP contribution in [0.2, 0.25) is 5.02 Å². The fraction of sp³-hybridized carbons (Fsp3) is 0.316. The fourth-order valence-corrected chi connectivity index (χ4v) is 3.51. The lowest BCUT2D eigenvalue weighted by Gasteiger charge is -2.20. The van der Waals surface area contributed by atoms with Crippen LogP contribution < -0.4 is 15.4 Å². The minimum Gasteiger partial charge on any atom is -0.482 e. The second-order valence-electron chi connectivity index (χ2n) is 7.13. The molecule has 138 valence electrons. The Kier molecular flexibility index (Phi) is 3.72. The SMILES string of the molecule is Cc1cc(Nc2cc3c(cc2Cl)NC(=O)CO3)nc2c1ncn2CC1CC1. The number of ether oxygens (including phenoxy) is 1. The van der Waals surface area contributed by atoms with Crippen LogP contribution in [0.15, 0.2) is 24.5 Å². The normalized spacial score (nSPS) is 16.0. The van der Waals surface area contributed by atoms with E-state index in [2.05, 4.69) is 20.2 Å². The van der Waals surface area contributed by atoms with Gasteiger partial charge in [-0.15, -0.1) is 0 Å². The second kappa shape index (κ2) is 6.13. The number of nitrogens with one attached hydrogen (secondary N) is 2. The van der Waals surface area contributed by atoms with Gasteiger partial charge in [0.05, 0.1) is 22.7 Å². The minimum atomic E-state index is -0.189. The molecule has 1 amide bonds. The van der Waals surface area contributed by atoms with Crippen LogP contribution in [-0.4, -0.2) is 27.0 Å². The second-order valence-corrected chi connectivity index (χ2v) is 7.53. The maximum Gasteiger partial charge on any atom is 0.262 e. The van der Waals surface area contributed by atoms with Gasteiger partial charge >= 0.3 is 0 Å². The predicted octanol–water partition coefficient (Wildman–Crippen LogP) is 3.88. The number of anilines is 3. The molecule has 0 unspecified atom stereocenters. The Morgan fingerprint density at radius 2 is 2.22 bits per heavy atom. The van der Waals surface area contributed by atoms with E-state index in [-0.39, 0.29) is 12.5 Å². The predicted molar refractivity (Wildman–Crippen MR) is 104 cm³/mol. The molecular weight excluding hydrogens is 366 g/mol. The highest BCUT2D eigenvalue weighted by Crippen LogP contribution is 2.38. The van der Waals surface area contributed by atoms with E-state index < -0.39 is 0 Å². The molecule has 0 radical (unpaired) electrons. The first kappa shape index (κ1) is 16.4. The van der Waals surface area contributed by atoms with E-state index in [9.17, 15) is 4.79 Å². The lowest BCUT2D eigenvalue weighted by Crippen LogP contribution is -2.25. The zero-order valence-electron chi connectivity index (χ0n) is 14.8. The molecule has 1 aliphatic heterocycles. The quantitative estimate of drug-likeness (QED) is 0.714. The number of hydrogen-bond donors (Lipinski definition) is 2. The molecule has 0 atom stereocenters. The molecular formula is C19H18ClN5O2. The van der Waals surface area contributed by atoms with Crippen molar-refractivity contribution in [3.63, 3.8) is 0 Å². The van der Waals surface area contributed by atoms with Gasteiger partial charge in [0.2, 0.25) is 0 Å². The molecule has 0 spiro atoms. The van der Waals surface area contributed by atoms with Gasteiger partial charge in [0.1, 0.15) is 17.1 Å². The van der Waals surface area contributed by atoms with E-state index in [1.165, 1.54) is 12.8 Å². The lowest BCUT2D eigenvalue weighted by molar-refractivity contribution is -0.118. The molecule has 5 rings (SSSR count). The standard InChI is InChI=1S/C19H18ClN5O2/c1-10-4-16(24-19-18(10)21-9-25(19)7-11-2-3-11)22-13-6-15-14(5-12(13)20)23-17(26)8-27-15/h4-6,9,11H,2-3,7-8H2,1H3,(H,22,24)(H,23,26). The smallest absolute Gasteiger partial charge is 0.262 e. The van der Waals surface area contributed by atoms with Crippen LogP contribution >= 0.6 is 11.6 Å². The Labute approximate surface area is 160 Å². The highest BCUT2D eigenvalue weighted by Gasteiger charge is 2.23. The highest BCUT2D eigenvalue weighted by atomic mass is 35.5. The molecule has 0 saturated heterocycles. The molecule has 3 aromatic rings. The summed E-state index contributed by atoms with van der Waals surface area (Å²) in [5.74, 6) is 1.83. The molecule has 3 heterocycles. The zero-order valence-corrected chi connectivity index (χ0v) is 15.5. The van der Waals surface area contributed by atoms with Crippen LogP contribution in [0.4, 0.5) is 17.2 Å². The number of rotatable bonds is 4. The zero-order chi connectivity index (χ0) is 18.5. The first-order valence-corrected chi connectivity index (χ1v) is 9.30. The summed E-state index contributed by atoms with van der Waals surface area (Å²) in [5.41, 5.74) is 4.09. The van der Waals surface area contributed by atoms with Crippen LogP contribution in [0.5, 0.6) is 5.75 Å². The third-order valence-electron chi connectivity index (χ3n) is 4.88. The number of aromatic nitrogens is 3. The van der Waals surface area contributed by atoms with Gasteiger partial charge < -0.3 is 19.9 Å². The maximum atomic E-state index is 11.4. The number of carbonyl (C=O) groups is 1. The summed E-state index contributed by atoms with van der Waals surface area (Å²) in [5, 5.41) is 6.50. The number of halogens is 1. The number of nitrogens with zero attached hydrogens (tertiary/aromatic N) is 3. The molecule has 2 N–H and O–H groups in total. The lowest BCUT2D eigenvalue weighted by atomic mass is 10.2. The van der Waals surface area contributed by atoms with Crippen molar-refractivity contribution >= 4 is 45.9 Å². The van der Waals surface area contributed by atoms with Crippen molar-refractivity contribution in [2.75, 3.05) is 17.2 Å². The molecule has 7 nitrogen and oxygen atoms in total. The monoisotopic (exact) mass is 383 g/mol. The van der Waals surface area contributed by atoms with Crippen LogP contribution in [0.3, 0.4) is 0 Å². The summed E-state index contributed by atoms with van der Waals surface area (Å²) in [6.45, 7) is 2.98. The molecule has 1 fully saturated rings. The molecule has 1 aromatic carbocycles. The van der Waals surface area contributed by atoms with Crippen molar-refractivity contribution in [3.05, 3.63) is 35.1 Å². The number of benzene rings is 1. The van der Waals surface area contributed by atoms with Crippen molar-refractivity contribution in [3.8, 4) is 5.75 Å². The molecule has 2 aliphatic rings. The van der Waals surface area contributed by atoms with Crippen LogP contribution in [0.1, 0.15) is 18.4 Å². The molecule has 2 aromatic heterocycles. The summed E-state index contributed by atoms with van der Waals surface area (Å²) in [7, 11) is 0. The Bertz CT molecular complexity index is 1070. The molecule has 1 aliphatic carbocycles. The van der Waals surface area contributed by atoms with Gasteiger partial charge in [-0.25, -0.2) is 9.97 Å². The maximum absolute atomic E-state index is 11.4. The summed E-state index contributed by atoms with van der Waals surface area (Å²) >= 11 is 6.39. The van der Waals surface area contributed by atoms with Crippen molar-refractivity contribution in [1.82, 2.24) is 14.5 Å². The number of imidazole rings is 1. The first-order valence-electron chi connectivity index (χ1n) is 8.92. The van der Waals surface area contributed by atoms with Crippen LogP contribution in [-0.2, 0) is 11.3 Å². The van der Waals surface area contributed by atoms with E-state index >= 15 is 0 Å².